The fourth-order valence-electron chi connectivity index (χ4n) is 1.71. The third-order valence-corrected chi connectivity index (χ3v) is 2.56. The zero-order valence-electron chi connectivity index (χ0n) is 7.14. The molecule has 0 aromatic rings. The van der Waals surface area contributed by atoms with Gasteiger partial charge in [-0.2, -0.15) is 0 Å². The number of Topliss-reactive ketones (excluding diaryl/α,β-unsaturated/α-hetero) is 2. The fraction of sp³-hybridized carbons (Fsp3) is 0.778. The monoisotopic (exact) mass is 154 g/mol. The van der Waals surface area contributed by atoms with Crippen molar-refractivity contribution in [3.05, 3.63) is 0 Å². The van der Waals surface area contributed by atoms with Gasteiger partial charge in [-0.3, -0.25) is 9.59 Å². The quantitative estimate of drug-likeness (QED) is 0.567. The second-order valence-corrected chi connectivity index (χ2v) is 3.43. The molecule has 0 heterocycles. The van der Waals surface area contributed by atoms with Gasteiger partial charge in [-0.25, -0.2) is 0 Å². The molecule has 62 valence electrons. The SMILES string of the molecule is CCCC1(C)C(=O)CCC1=O. The van der Waals surface area contributed by atoms with Crippen molar-refractivity contribution in [3.63, 3.8) is 0 Å². The molecule has 0 unspecified atom stereocenters. The first-order valence-corrected chi connectivity index (χ1v) is 4.18. The van der Waals surface area contributed by atoms with Gasteiger partial charge in [-0.05, 0) is 13.3 Å². The minimum Gasteiger partial charge on any atom is -0.299 e. The molecule has 0 N–H and O–H groups in total. The summed E-state index contributed by atoms with van der Waals surface area (Å²) in [6.07, 6.45) is 2.57. The van der Waals surface area contributed by atoms with Gasteiger partial charge in [0, 0.05) is 12.8 Å². The summed E-state index contributed by atoms with van der Waals surface area (Å²) in [5.41, 5.74) is -0.616. The van der Waals surface area contributed by atoms with Gasteiger partial charge in [-0.15, -0.1) is 0 Å². The normalized spacial score (nSPS) is 22.7. The van der Waals surface area contributed by atoms with E-state index in [2.05, 4.69) is 0 Å². The van der Waals surface area contributed by atoms with E-state index < -0.39 is 5.41 Å². The zero-order chi connectivity index (χ0) is 8.48. The van der Waals surface area contributed by atoms with Crippen molar-refractivity contribution in [1.82, 2.24) is 0 Å². The molecule has 2 nitrogen and oxygen atoms in total. The summed E-state index contributed by atoms with van der Waals surface area (Å²) in [4.78, 5) is 22.6. The lowest BCUT2D eigenvalue weighted by Crippen LogP contribution is -2.28. The van der Waals surface area contributed by atoms with Gasteiger partial charge in [0.15, 0.2) is 0 Å². The van der Waals surface area contributed by atoms with Crippen molar-refractivity contribution in [2.75, 3.05) is 0 Å². The van der Waals surface area contributed by atoms with Gasteiger partial charge >= 0.3 is 0 Å². The largest absolute Gasteiger partial charge is 0.299 e. The van der Waals surface area contributed by atoms with Crippen LogP contribution in [0, 0.1) is 5.41 Å². The lowest BCUT2D eigenvalue weighted by molar-refractivity contribution is -0.134. The maximum Gasteiger partial charge on any atom is 0.146 e. The molecule has 0 saturated heterocycles. The van der Waals surface area contributed by atoms with Crippen molar-refractivity contribution < 1.29 is 9.59 Å². The Morgan fingerprint density at radius 3 is 2.09 bits per heavy atom. The topological polar surface area (TPSA) is 34.1 Å². The van der Waals surface area contributed by atoms with Crippen molar-refractivity contribution >= 4 is 11.6 Å². The van der Waals surface area contributed by atoms with Crippen LogP contribution in [0.5, 0.6) is 0 Å². The summed E-state index contributed by atoms with van der Waals surface area (Å²) < 4.78 is 0. The Morgan fingerprint density at radius 1 is 1.27 bits per heavy atom. The van der Waals surface area contributed by atoms with Crippen LogP contribution in [0.15, 0.2) is 0 Å². The van der Waals surface area contributed by atoms with Crippen molar-refractivity contribution in [3.8, 4) is 0 Å². The van der Waals surface area contributed by atoms with E-state index in [1.165, 1.54) is 0 Å². The number of carbonyl (C=O) groups excluding carboxylic acids is 2. The third kappa shape index (κ3) is 1.22. The molecule has 0 radical (unpaired) electrons. The molecule has 1 aliphatic carbocycles. The number of hydrogen-bond donors (Lipinski definition) is 0. The Hall–Kier alpha value is -0.660. The van der Waals surface area contributed by atoms with Gasteiger partial charge in [0.2, 0.25) is 0 Å². The fourth-order valence-corrected chi connectivity index (χ4v) is 1.71. The maximum atomic E-state index is 11.3. The predicted molar refractivity (Wildman–Crippen MR) is 42.3 cm³/mol. The lowest BCUT2D eigenvalue weighted by Gasteiger charge is -2.18. The second-order valence-electron chi connectivity index (χ2n) is 3.43. The summed E-state index contributed by atoms with van der Waals surface area (Å²) in [5.74, 6) is 0.286. The minimum absolute atomic E-state index is 0.143. The molecule has 0 aromatic heterocycles. The average molecular weight is 154 g/mol. The van der Waals surface area contributed by atoms with Crippen molar-refractivity contribution in [2.24, 2.45) is 5.41 Å². The molecule has 0 aliphatic heterocycles. The molecule has 0 aromatic carbocycles. The van der Waals surface area contributed by atoms with Gasteiger partial charge in [0.1, 0.15) is 11.6 Å². The molecular formula is C9H14O2. The van der Waals surface area contributed by atoms with E-state index in [0.717, 1.165) is 12.8 Å². The molecule has 0 spiro atoms. The van der Waals surface area contributed by atoms with E-state index >= 15 is 0 Å². The van der Waals surface area contributed by atoms with Crippen LogP contribution in [0.3, 0.4) is 0 Å². The molecule has 11 heavy (non-hydrogen) atoms. The molecule has 1 saturated carbocycles. The first kappa shape index (κ1) is 8.44. The molecule has 0 bridgehead atoms. The van der Waals surface area contributed by atoms with E-state index in [9.17, 15) is 9.59 Å². The maximum absolute atomic E-state index is 11.3. The Bertz CT molecular complexity index is 178. The summed E-state index contributed by atoms with van der Waals surface area (Å²) in [6.45, 7) is 3.79. The number of ketones is 2. The molecule has 0 amide bonds. The molecule has 1 aliphatic rings. The lowest BCUT2D eigenvalue weighted by atomic mass is 9.82. The van der Waals surface area contributed by atoms with Crippen LogP contribution in [0.4, 0.5) is 0 Å². The van der Waals surface area contributed by atoms with Crippen LogP contribution < -0.4 is 0 Å². The van der Waals surface area contributed by atoms with Crippen LogP contribution in [0.2, 0.25) is 0 Å². The molecule has 0 atom stereocenters. The van der Waals surface area contributed by atoms with Crippen LogP contribution in [-0.2, 0) is 9.59 Å². The first-order valence-electron chi connectivity index (χ1n) is 4.18. The standard InChI is InChI=1S/C9H14O2/c1-3-6-9(2)7(10)4-5-8(9)11/h3-6H2,1-2H3. The summed E-state index contributed by atoms with van der Waals surface area (Å²) in [7, 11) is 0. The second kappa shape index (κ2) is 2.76. The summed E-state index contributed by atoms with van der Waals surface area (Å²) in [6, 6.07) is 0. The van der Waals surface area contributed by atoms with Crippen LogP contribution in [0.1, 0.15) is 39.5 Å². The molecular weight excluding hydrogens is 140 g/mol. The van der Waals surface area contributed by atoms with Crippen LogP contribution in [-0.4, -0.2) is 11.6 Å². The Labute approximate surface area is 67.0 Å². The highest BCUT2D eigenvalue weighted by atomic mass is 16.2. The summed E-state index contributed by atoms with van der Waals surface area (Å²) in [5, 5.41) is 0. The van der Waals surface area contributed by atoms with Gasteiger partial charge in [0.05, 0.1) is 5.41 Å². The first-order chi connectivity index (χ1) is 5.11. The average Bonchev–Trinajstić information content (AvgIpc) is 2.19. The highest BCUT2D eigenvalue weighted by Gasteiger charge is 2.43. The molecule has 1 fully saturated rings. The third-order valence-electron chi connectivity index (χ3n) is 2.56. The Morgan fingerprint density at radius 2 is 1.73 bits per heavy atom. The smallest absolute Gasteiger partial charge is 0.146 e. The van der Waals surface area contributed by atoms with E-state index in [4.69, 9.17) is 0 Å². The van der Waals surface area contributed by atoms with E-state index in [1.807, 2.05) is 6.92 Å². The molecule has 1 rings (SSSR count). The Balaban J connectivity index is 2.80. The predicted octanol–water partition coefficient (Wildman–Crippen LogP) is 1.72. The number of hydrogen-bond acceptors (Lipinski definition) is 2. The van der Waals surface area contributed by atoms with Gasteiger partial charge < -0.3 is 0 Å². The number of carbonyl (C=O) groups is 2. The van der Waals surface area contributed by atoms with Crippen LogP contribution >= 0.6 is 0 Å². The minimum atomic E-state index is -0.616. The number of rotatable bonds is 2. The zero-order valence-corrected chi connectivity index (χ0v) is 7.14. The van der Waals surface area contributed by atoms with E-state index in [-0.39, 0.29) is 11.6 Å². The van der Waals surface area contributed by atoms with Crippen molar-refractivity contribution in [2.45, 2.75) is 39.5 Å². The van der Waals surface area contributed by atoms with Crippen LogP contribution in [0.25, 0.3) is 0 Å². The Kier molecular flexibility index (Phi) is 2.12. The molecule has 2 heteroatoms. The highest BCUT2D eigenvalue weighted by Crippen LogP contribution is 2.34. The highest BCUT2D eigenvalue weighted by molar-refractivity contribution is 6.12. The van der Waals surface area contributed by atoms with Crippen molar-refractivity contribution in [1.29, 1.82) is 0 Å². The van der Waals surface area contributed by atoms with Gasteiger partial charge in [0.25, 0.3) is 0 Å². The van der Waals surface area contributed by atoms with E-state index in [0.29, 0.717) is 12.8 Å². The summed E-state index contributed by atoms with van der Waals surface area (Å²) >= 11 is 0. The van der Waals surface area contributed by atoms with Gasteiger partial charge in [-0.1, -0.05) is 13.3 Å². The van der Waals surface area contributed by atoms with E-state index in [1.54, 1.807) is 6.92 Å².